The van der Waals surface area contributed by atoms with Gasteiger partial charge in [-0.15, -0.1) is 0 Å². The maximum Gasteiger partial charge on any atom is 0.252 e. The van der Waals surface area contributed by atoms with Crippen LogP contribution in [-0.4, -0.2) is 33.9 Å². The number of nitrogens with zero attached hydrogens (tertiary/aromatic N) is 3. The third-order valence-corrected chi connectivity index (χ3v) is 3.17. The molecule has 3 rings (SSSR count). The van der Waals surface area contributed by atoms with Crippen molar-refractivity contribution in [2.24, 2.45) is 0 Å². The van der Waals surface area contributed by atoms with Crippen LogP contribution in [0.1, 0.15) is 10.4 Å². The molecule has 0 aliphatic rings. The van der Waals surface area contributed by atoms with E-state index in [1.54, 1.807) is 30.9 Å². The highest BCUT2D eigenvalue weighted by Crippen LogP contribution is 2.15. The summed E-state index contributed by atoms with van der Waals surface area (Å²) >= 11 is 0. The molecule has 3 aromatic rings. The number of rotatable bonds is 5. The van der Waals surface area contributed by atoms with Crippen LogP contribution in [0.4, 0.5) is 5.82 Å². The summed E-state index contributed by atoms with van der Waals surface area (Å²) in [5.74, 6) is 0.575. The highest BCUT2D eigenvalue weighted by atomic mass is 16.1. The normalized spacial score (nSPS) is 10.4. The van der Waals surface area contributed by atoms with Gasteiger partial charge in [-0.1, -0.05) is 12.1 Å². The van der Waals surface area contributed by atoms with Gasteiger partial charge in [0.25, 0.3) is 5.91 Å². The van der Waals surface area contributed by atoms with E-state index in [0.29, 0.717) is 24.5 Å². The highest BCUT2D eigenvalue weighted by Gasteiger charge is 2.09. The molecule has 0 aliphatic heterocycles. The standard InChI is InChI=1S/C16H15N5O/c22-16(21-10-9-20-15-11-17-7-8-19-15)13-3-1-5-14-12(13)4-2-6-18-14/h1-8,11H,9-10H2,(H,19,20)(H,21,22). The molecule has 22 heavy (non-hydrogen) atoms. The number of hydrogen-bond donors (Lipinski definition) is 2. The fourth-order valence-corrected chi connectivity index (χ4v) is 2.15. The van der Waals surface area contributed by atoms with Gasteiger partial charge < -0.3 is 10.6 Å². The molecule has 110 valence electrons. The third-order valence-electron chi connectivity index (χ3n) is 3.17. The molecule has 2 N–H and O–H groups in total. The molecule has 0 atom stereocenters. The summed E-state index contributed by atoms with van der Waals surface area (Å²) in [5.41, 5.74) is 1.44. The van der Waals surface area contributed by atoms with E-state index in [0.717, 1.165) is 10.9 Å². The summed E-state index contributed by atoms with van der Waals surface area (Å²) in [6.45, 7) is 1.07. The van der Waals surface area contributed by atoms with Gasteiger partial charge in [0.15, 0.2) is 0 Å². The van der Waals surface area contributed by atoms with Crippen LogP contribution in [0.15, 0.2) is 55.1 Å². The summed E-state index contributed by atoms with van der Waals surface area (Å²) < 4.78 is 0. The van der Waals surface area contributed by atoms with E-state index in [2.05, 4.69) is 25.6 Å². The number of hydrogen-bond acceptors (Lipinski definition) is 5. The van der Waals surface area contributed by atoms with Crippen molar-refractivity contribution in [2.45, 2.75) is 0 Å². The first-order valence-corrected chi connectivity index (χ1v) is 6.96. The van der Waals surface area contributed by atoms with Crippen LogP contribution in [0.25, 0.3) is 10.9 Å². The minimum atomic E-state index is -0.112. The molecule has 0 bridgehead atoms. The Morgan fingerprint density at radius 2 is 1.95 bits per heavy atom. The molecule has 6 heteroatoms. The van der Waals surface area contributed by atoms with Crippen LogP contribution >= 0.6 is 0 Å². The SMILES string of the molecule is O=C(NCCNc1cnccn1)c1cccc2ncccc12. The van der Waals surface area contributed by atoms with Crippen molar-refractivity contribution in [2.75, 3.05) is 18.4 Å². The number of aromatic nitrogens is 3. The fourth-order valence-electron chi connectivity index (χ4n) is 2.15. The van der Waals surface area contributed by atoms with E-state index in [4.69, 9.17) is 0 Å². The Morgan fingerprint density at radius 1 is 1.00 bits per heavy atom. The number of anilines is 1. The molecule has 0 fully saturated rings. The number of amides is 1. The molecule has 0 spiro atoms. The molecule has 2 aromatic heterocycles. The molecule has 1 aromatic carbocycles. The first-order chi connectivity index (χ1) is 10.8. The first kappa shape index (κ1) is 13.9. The van der Waals surface area contributed by atoms with Crippen LogP contribution in [-0.2, 0) is 0 Å². The van der Waals surface area contributed by atoms with Crippen LogP contribution in [0.3, 0.4) is 0 Å². The number of pyridine rings is 1. The van der Waals surface area contributed by atoms with Crippen LogP contribution < -0.4 is 10.6 Å². The van der Waals surface area contributed by atoms with E-state index >= 15 is 0 Å². The van der Waals surface area contributed by atoms with Crippen molar-refractivity contribution in [1.29, 1.82) is 0 Å². The van der Waals surface area contributed by atoms with Crippen LogP contribution in [0.2, 0.25) is 0 Å². The Labute approximate surface area is 127 Å². The van der Waals surface area contributed by atoms with Gasteiger partial charge in [0, 0.05) is 42.6 Å². The molecule has 0 saturated carbocycles. The maximum absolute atomic E-state index is 12.3. The molecule has 0 saturated heterocycles. The van der Waals surface area contributed by atoms with E-state index in [1.165, 1.54) is 0 Å². The van der Waals surface area contributed by atoms with Gasteiger partial charge in [-0.2, -0.15) is 0 Å². The van der Waals surface area contributed by atoms with E-state index in [-0.39, 0.29) is 5.91 Å². The second-order valence-corrected chi connectivity index (χ2v) is 4.65. The number of benzene rings is 1. The van der Waals surface area contributed by atoms with Crippen molar-refractivity contribution in [3.05, 3.63) is 60.7 Å². The average molecular weight is 293 g/mol. The predicted octanol–water partition coefficient (Wildman–Crippen LogP) is 1.87. The van der Waals surface area contributed by atoms with Gasteiger partial charge in [-0.3, -0.25) is 14.8 Å². The first-order valence-electron chi connectivity index (χ1n) is 6.96. The summed E-state index contributed by atoms with van der Waals surface area (Å²) in [6.07, 6.45) is 6.58. The summed E-state index contributed by atoms with van der Waals surface area (Å²) in [7, 11) is 0. The Hall–Kier alpha value is -3.02. The van der Waals surface area contributed by atoms with Crippen molar-refractivity contribution >= 4 is 22.6 Å². The topological polar surface area (TPSA) is 79.8 Å². The lowest BCUT2D eigenvalue weighted by Crippen LogP contribution is -2.29. The Bertz CT molecular complexity index is 770. The van der Waals surface area contributed by atoms with Crippen molar-refractivity contribution in [3.63, 3.8) is 0 Å². The van der Waals surface area contributed by atoms with E-state index in [1.807, 2.05) is 24.3 Å². The van der Waals surface area contributed by atoms with Crippen LogP contribution in [0, 0.1) is 0 Å². The lowest BCUT2D eigenvalue weighted by molar-refractivity contribution is 0.0957. The maximum atomic E-state index is 12.3. The largest absolute Gasteiger partial charge is 0.367 e. The monoisotopic (exact) mass is 293 g/mol. The quantitative estimate of drug-likeness (QED) is 0.702. The molecule has 0 unspecified atom stereocenters. The number of fused-ring (bicyclic) bond motifs is 1. The zero-order valence-electron chi connectivity index (χ0n) is 11.9. The highest BCUT2D eigenvalue weighted by molar-refractivity contribution is 6.06. The Kier molecular flexibility index (Phi) is 4.20. The number of carbonyl (C=O) groups excluding carboxylic acids is 1. The zero-order chi connectivity index (χ0) is 15.2. The summed E-state index contributed by atoms with van der Waals surface area (Å²) in [6, 6.07) is 9.25. The molecule has 1 amide bonds. The number of carbonyl (C=O) groups is 1. The fraction of sp³-hybridized carbons (Fsp3) is 0.125. The van der Waals surface area contributed by atoms with E-state index < -0.39 is 0 Å². The second kappa shape index (κ2) is 6.62. The van der Waals surface area contributed by atoms with E-state index in [9.17, 15) is 4.79 Å². The second-order valence-electron chi connectivity index (χ2n) is 4.65. The summed E-state index contributed by atoms with van der Waals surface area (Å²) in [4.78, 5) is 24.6. The average Bonchev–Trinajstić information content (AvgIpc) is 2.59. The minimum absolute atomic E-state index is 0.112. The van der Waals surface area contributed by atoms with Gasteiger partial charge in [0.1, 0.15) is 5.82 Å². The summed E-state index contributed by atoms with van der Waals surface area (Å²) in [5, 5.41) is 6.82. The lowest BCUT2D eigenvalue weighted by Gasteiger charge is -2.08. The Balaban J connectivity index is 1.60. The predicted molar refractivity (Wildman–Crippen MR) is 84.6 cm³/mol. The van der Waals surface area contributed by atoms with Crippen molar-refractivity contribution < 1.29 is 4.79 Å². The van der Waals surface area contributed by atoms with Crippen LogP contribution in [0.5, 0.6) is 0 Å². The van der Waals surface area contributed by atoms with Crippen molar-refractivity contribution in [3.8, 4) is 0 Å². The smallest absolute Gasteiger partial charge is 0.252 e. The Morgan fingerprint density at radius 3 is 2.82 bits per heavy atom. The third kappa shape index (κ3) is 3.17. The molecule has 6 nitrogen and oxygen atoms in total. The van der Waals surface area contributed by atoms with Gasteiger partial charge in [0.05, 0.1) is 11.7 Å². The molecular weight excluding hydrogens is 278 g/mol. The lowest BCUT2D eigenvalue weighted by atomic mass is 10.1. The zero-order valence-corrected chi connectivity index (χ0v) is 11.9. The number of nitrogens with one attached hydrogen (secondary N) is 2. The van der Waals surface area contributed by atoms with Gasteiger partial charge >= 0.3 is 0 Å². The molecule has 2 heterocycles. The van der Waals surface area contributed by atoms with Gasteiger partial charge in [0.2, 0.25) is 0 Å². The molecular formula is C16H15N5O. The molecule has 0 aliphatic carbocycles. The van der Waals surface area contributed by atoms with Crippen molar-refractivity contribution in [1.82, 2.24) is 20.3 Å². The van der Waals surface area contributed by atoms with Gasteiger partial charge in [-0.25, -0.2) is 4.98 Å². The molecule has 0 radical (unpaired) electrons. The minimum Gasteiger partial charge on any atom is -0.367 e. The van der Waals surface area contributed by atoms with Gasteiger partial charge in [-0.05, 0) is 18.2 Å².